The molecule has 0 aliphatic carbocycles. The molecule has 0 unspecified atom stereocenters. The summed E-state index contributed by atoms with van der Waals surface area (Å²) in [5, 5.41) is 9.18. The lowest BCUT2D eigenvalue weighted by molar-refractivity contribution is 0.276. The number of benzene rings is 1. The molecule has 1 aromatic heterocycles. The molecule has 0 saturated heterocycles. The van der Waals surface area contributed by atoms with Crippen molar-refractivity contribution in [2.75, 3.05) is 0 Å². The third-order valence-corrected chi connectivity index (χ3v) is 2.57. The molecule has 5 nitrogen and oxygen atoms in total. The fraction of sp³-hybridized carbons (Fsp3) is 0.231. The van der Waals surface area contributed by atoms with E-state index in [9.17, 15) is 9.90 Å². The molecule has 1 heterocycles. The van der Waals surface area contributed by atoms with E-state index in [1.807, 2.05) is 6.92 Å². The standard InChI is InChI=1S/C13H14N2O3/c1-2-15-8-7-14-12(13(15)17)18-11-6-4-3-5-10(11)9-16/h3-8,16H,2,9H2,1H3. The number of aliphatic hydroxyl groups is 1. The monoisotopic (exact) mass is 246 g/mol. The summed E-state index contributed by atoms with van der Waals surface area (Å²) in [7, 11) is 0. The first-order chi connectivity index (χ1) is 8.76. The van der Waals surface area contributed by atoms with Crippen molar-refractivity contribution < 1.29 is 9.84 Å². The van der Waals surface area contributed by atoms with Gasteiger partial charge in [0.25, 0.3) is 5.88 Å². The highest BCUT2D eigenvalue weighted by molar-refractivity contribution is 5.35. The summed E-state index contributed by atoms with van der Waals surface area (Å²) in [6, 6.07) is 6.99. The molecule has 94 valence electrons. The molecular formula is C13H14N2O3. The molecule has 0 radical (unpaired) electrons. The first kappa shape index (κ1) is 12.3. The van der Waals surface area contributed by atoms with Crippen molar-refractivity contribution >= 4 is 0 Å². The summed E-state index contributed by atoms with van der Waals surface area (Å²) in [6.07, 6.45) is 3.12. The summed E-state index contributed by atoms with van der Waals surface area (Å²) < 4.78 is 6.97. The molecule has 0 spiro atoms. The number of rotatable bonds is 4. The summed E-state index contributed by atoms with van der Waals surface area (Å²) in [5.41, 5.74) is 0.332. The zero-order chi connectivity index (χ0) is 13.0. The van der Waals surface area contributed by atoms with E-state index < -0.39 is 0 Å². The Morgan fingerprint density at radius 2 is 2.17 bits per heavy atom. The van der Waals surface area contributed by atoms with E-state index >= 15 is 0 Å². The van der Waals surface area contributed by atoms with Gasteiger partial charge in [-0.2, -0.15) is 0 Å². The molecule has 1 N–H and O–H groups in total. The Kier molecular flexibility index (Phi) is 3.74. The van der Waals surface area contributed by atoms with Gasteiger partial charge in [0.2, 0.25) is 0 Å². The van der Waals surface area contributed by atoms with E-state index in [1.54, 1.807) is 30.5 Å². The number of para-hydroxylation sites is 1. The van der Waals surface area contributed by atoms with Gasteiger partial charge in [0.15, 0.2) is 0 Å². The smallest absolute Gasteiger partial charge is 0.313 e. The van der Waals surface area contributed by atoms with Gasteiger partial charge in [-0.1, -0.05) is 18.2 Å². The minimum atomic E-state index is -0.284. The molecule has 18 heavy (non-hydrogen) atoms. The fourth-order valence-corrected chi connectivity index (χ4v) is 1.58. The number of nitrogens with zero attached hydrogens (tertiary/aromatic N) is 2. The Hall–Kier alpha value is -2.14. The summed E-state index contributed by atoms with van der Waals surface area (Å²) in [5.74, 6) is 0.457. The highest BCUT2D eigenvalue weighted by atomic mass is 16.5. The number of aromatic nitrogens is 2. The minimum absolute atomic E-state index is 0.0141. The van der Waals surface area contributed by atoms with Crippen LogP contribution in [0.25, 0.3) is 0 Å². The maximum absolute atomic E-state index is 11.9. The second-order valence-corrected chi connectivity index (χ2v) is 3.69. The number of hydrogen-bond acceptors (Lipinski definition) is 4. The van der Waals surface area contributed by atoms with E-state index in [1.165, 1.54) is 10.8 Å². The first-order valence-electron chi connectivity index (χ1n) is 5.68. The molecule has 0 saturated carbocycles. The van der Waals surface area contributed by atoms with Crippen molar-refractivity contribution in [3.63, 3.8) is 0 Å². The molecule has 0 bridgehead atoms. The number of aliphatic hydroxyl groups excluding tert-OH is 1. The number of aryl methyl sites for hydroxylation is 1. The molecule has 0 fully saturated rings. The maximum atomic E-state index is 11.9. The third-order valence-electron chi connectivity index (χ3n) is 2.57. The van der Waals surface area contributed by atoms with E-state index in [-0.39, 0.29) is 18.0 Å². The highest BCUT2D eigenvalue weighted by Gasteiger charge is 2.09. The summed E-state index contributed by atoms with van der Waals surface area (Å²) >= 11 is 0. The van der Waals surface area contributed by atoms with Gasteiger partial charge in [0.1, 0.15) is 5.75 Å². The van der Waals surface area contributed by atoms with Crippen LogP contribution in [0.1, 0.15) is 12.5 Å². The van der Waals surface area contributed by atoms with Crippen LogP contribution in [0.5, 0.6) is 11.6 Å². The highest BCUT2D eigenvalue weighted by Crippen LogP contribution is 2.21. The number of hydrogen-bond donors (Lipinski definition) is 1. The molecule has 2 aromatic rings. The Bertz CT molecular complexity index is 593. The van der Waals surface area contributed by atoms with Crippen LogP contribution in [0.4, 0.5) is 0 Å². The zero-order valence-corrected chi connectivity index (χ0v) is 10.0. The van der Waals surface area contributed by atoms with Crippen LogP contribution in [0.15, 0.2) is 41.5 Å². The topological polar surface area (TPSA) is 64.3 Å². The van der Waals surface area contributed by atoms with Crippen molar-refractivity contribution in [1.29, 1.82) is 0 Å². The van der Waals surface area contributed by atoms with Crippen molar-refractivity contribution in [3.8, 4) is 11.6 Å². The summed E-state index contributed by atoms with van der Waals surface area (Å²) in [6.45, 7) is 2.27. The van der Waals surface area contributed by atoms with Crippen molar-refractivity contribution in [3.05, 3.63) is 52.6 Å². The molecule has 5 heteroatoms. The average Bonchev–Trinajstić information content (AvgIpc) is 2.42. The Balaban J connectivity index is 2.37. The molecule has 0 atom stereocenters. The van der Waals surface area contributed by atoms with Crippen molar-refractivity contribution in [2.24, 2.45) is 0 Å². The van der Waals surface area contributed by atoms with Gasteiger partial charge in [-0.15, -0.1) is 0 Å². The van der Waals surface area contributed by atoms with Crippen LogP contribution in [-0.4, -0.2) is 14.7 Å². The second-order valence-electron chi connectivity index (χ2n) is 3.69. The lowest BCUT2D eigenvalue weighted by Crippen LogP contribution is -2.20. The third kappa shape index (κ3) is 2.41. The molecule has 0 amide bonds. The van der Waals surface area contributed by atoms with E-state index in [2.05, 4.69) is 4.98 Å². The quantitative estimate of drug-likeness (QED) is 0.888. The van der Waals surface area contributed by atoms with Crippen LogP contribution in [0.3, 0.4) is 0 Å². The van der Waals surface area contributed by atoms with Crippen LogP contribution < -0.4 is 10.3 Å². The van der Waals surface area contributed by atoms with E-state index in [4.69, 9.17) is 4.74 Å². The average molecular weight is 246 g/mol. The fourth-order valence-electron chi connectivity index (χ4n) is 1.58. The van der Waals surface area contributed by atoms with Crippen LogP contribution in [0.2, 0.25) is 0 Å². The lowest BCUT2D eigenvalue weighted by atomic mass is 10.2. The normalized spacial score (nSPS) is 10.3. The predicted octanol–water partition coefficient (Wildman–Crippen LogP) is 1.55. The lowest BCUT2D eigenvalue weighted by Gasteiger charge is -2.09. The Morgan fingerprint density at radius 1 is 1.39 bits per heavy atom. The van der Waals surface area contributed by atoms with Gasteiger partial charge in [-0.25, -0.2) is 4.98 Å². The van der Waals surface area contributed by atoms with Gasteiger partial charge in [0.05, 0.1) is 6.61 Å². The predicted molar refractivity (Wildman–Crippen MR) is 66.6 cm³/mol. The van der Waals surface area contributed by atoms with Gasteiger partial charge in [0, 0.05) is 24.5 Å². The van der Waals surface area contributed by atoms with Crippen molar-refractivity contribution in [2.45, 2.75) is 20.1 Å². The SMILES string of the molecule is CCn1ccnc(Oc2ccccc2CO)c1=O. The first-order valence-corrected chi connectivity index (χ1v) is 5.68. The minimum Gasteiger partial charge on any atom is -0.434 e. The van der Waals surface area contributed by atoms with Crippen LogP contribution >= 0.6 is 0 Å². The van der Waals surface area contributed by atoms with Crippen LogP contribution in [0, 0.1) is 0 Å². The van der Waals surface area contributed by atoms with Gasteiger partial charge in [-0.3, -0.25) is 4.79 Å². The maximum Gasteiger partial charge on any atom is 0.313 e. The van der Waals surface area contributed by atoms with Crippen LogP contribution in [-0.2, 0) is 13.2 Å². The van der Waals surface area contributed by atoms with E-state index in [0.717, 1.165) is 0 Å². The number of ether oxygens (including phenoxy) is 1. The van der Waals surface area contributed by atoms with Gasteiger partial charge < -0.3 is 14.4 Å². The summed E-state index contributed by atoms with van der Waals surface area (Å²) in [4.78, 5) is 15.8. The molecule has 2 rings (SSSR count). The molecule has 0 aliphatic rings. The molecule has 1 aromatic carbocycles. The second kappa shape index (κ2) is 5.46. The Morgan fingerprint density at radius 3 is 2.89 bits per heavy atom. The molecular weight excluding hydrogens is 232 g/mol. The van der Waals surface area contributed by atoms with Gasteiger partial charge in [-0.05, 0) is 13.0 Å². The zero-order valence-electron chi connectivity index (χ0n) is 10.0. The van der Waals surface area contributed by atoms with Crippen molar-refractivity contribution in [1.82, 2.24) is 9.55 Å². The van der Waals surface area contributed by atoms with Gasteiger partial charge >= 0.3 is 5.56 Å². The molecule has 0 aliphatic heterocycles. The van der Waals surface area contributed by atoms with E-state index in [0.29, 0.717) is 17.9 Å². The Labute approximate surface area is 104 Å². The largest absolute Gasteiger partial charge is 0.434 e.